The predicted molar refractivity (Wildman–Crippen MR) is 62.5 cm³/mol. The largest absolute Gasteiger partial charge is 0.378 e. The molecule has 1 N–H and O–H groups in total. The Balaban J connectivity index is 2.65. The van der Waals surface area contributed by atoms with E-state index in [2.05, 4.69) is 9.83 Å². The highest BCUT2D eigenvalue weighted by molar-refractivity contribution is 6.43. The summed E-state index contributed by atoms with van der Waals surface area (Å²) in [5.41, 5.74) is 2.09. The summed E-state index contributed by atoms with van der Waals surface area (Å²) in [4.78, 5) is 6.27. The van der Waals surface area contributed by atoms with Gasteiger partial charge in [0.25, 0.3) is 0 Å². The van der Waals surface area contributed by atoms with E-state index in [1.807, 2.05) is 12.1 Å². The Morgan fingerprint density at radius 1 is 1.13 bits per heavy atom. The van der Waals surface area contributed by atoms with Crippen molar-refractivity contribution >= 4 is 28.9 Å². The molecule has 0 spiro atoms. The van der Waals surface area contributed by atoms with Gasteiger partial charge in [0.2, 0.25) is 5.69 Å². The van der Waals surface area contributed by atoms with Gasteiger partial charge in [0.1, 0.15) is 0 Å². The average molecular weight is 237 g/mol. The lowest BCUT2D eigenvalue weighted by Crippen LogP contribution is -1.77. The quantitative estimate of drug-likeness (QED) is 0.702. The molecule has 2 rings (SSSR count). The third kappa shape index (κ3) is 1.72. The predicted octanol–water partition coefficient (Wildman–Crippen LogP) is 4.54. The molecule has 0 aliphatic heterocycles. The lowest BCUT2D eigenvalue weighted by molar-refractivity contribution is 1.42. The third-order valence-electron chi connectivity index (χ3n) is 2.09. The Kier molecular flexibility index (Phi) is 2.68. The molecule has 0 aliphatic rings. The summed E-state index contributed by atoms with van der Waals surface area (Å²) >= 11 is 12.0. The van der Waals surface area contributed by atoms with Gasteiger partial charge in [-0.2, -0.15) is 0 Å². The molecule has 1 aromatic heterocycles. The second-order valence-corrected chi connectivity index (χ2v) is 3.75. The summed E-state index contributed by atoms with van der Waals surface area (Å²) in [6.07, 6.45) is 3.38. The van der Waals surface area contributed by atoms with Gasteiger partial charge < -0.3 is 4.98 Å². The van der Waals surface area contributed by atoms with Crippen molar-refractivity contribution in [1.29, 1.82) is 0 Å². The van der Waals surface area contributed by atoms with Crippen LogP contribution in [0.3, 0.4) is 0 Å². The first-order chi connectivity index (χ1) is 7.24. The fourth-order valence-electron chi connectivity index (χ4n) is 1.38. The highest BCUT2D eigenvalue weighted by Gasteiger charge is 2.11. The zero-order valence-electron chi connectivity index (χ0n) is 7.59. The molecule has 2 nitrogen and oxygen atoms in total. The van der Waals surface area contributed by atoms with Crippen molar-refractivity contribution in [3.63, 3.8) is 0 Å². The van der Waals surface area contributed by atoms with Crippen LogP contribution in [0.5, 0.6) is 0 Å². The highest BCUT2D eigenvalue weighted by atomic mass is 35.5. The van der Waals surface area contributed by atoms with E-state index in [-0.39, 0.29) is 0 Å². The summed E-state index contributed by atoms with van der Waals surface area (Å²) < 4.78 is 0. The number of benzene rings is 1. The minimum atomic E-state index is 0.476. The van der Waals surface area contributed by atoms with Gasteiger partial charge in [0, 0.05) is 11.8 Å². The van der Waals surface area contributed by atoms with E-state index in [9.17, 15) is 0 Å². The van der Waals surface area contributed by atoms with Crippen LogP contribution in [0.4, 0.5) is 5.69 Å². The molecule has 0 saturated carbocycles. The molecule has 0 unspecified atom stereocenters. The van der Waals surface area contributed by atoms with Crippen molar-refractivity contribution in [1.82, 2.24) is 4.98 Å². The number of nitrogens with one attached hydrogen (secondary N) is 1. The van der Waals surface area contributed by atoms with E-state index in [0.29, 0.717) is 15.7 Å². The first kappa shape index (κ1) is 10.1. The van der Waals surface area contributed by atoms with Crippen LogP contribution >= 0.6 is 23.2 Å². The van der Waals surface area contributed by atoms with Crippen molar-refractivity contribution in [3.05, 3.63) is 52.1 Å². The molecule has 0 fully saturated rings. The Morgan fingerprint density at radius 3 is 2.67 bits per heavy atom. The molecular formula is C11H6Cl2N2. The van der Waals surface area contributed by atoms with Crippen LogP contribution in [0, 0.1) is 6.57 Å². The van der Waals surface area contributed by atoms with Crippen LogP contribution in [0.1, 0.15) is 0 Å². The number of hydrogen-bond donors (Lipinski definition) is 1. The Labute approximate surface area is 97.3 Å². The molecule has 1 aromatic carbocycles. The Morgan fingerprint density at radius 2 is 1.93 bits per heavy atom. The van der Waals surface area contributed by atoms with E-state index in [4.69, 9.17) is 29.8 Å². The van der Waals surface area contributed by atoms with Crippen LogP contribution in [0.25, 0.3) is 16.0 Å². The van der Waals surface area contributed by atoms with Crippen molar-refractivity contribution in [3.8, 4) is 11.1 Å². The Hall–Kier alpha value is -1.43. The number of hydrogen-bond acceptors (Lipinski definition) is 0. The monoisotopic (exact) mass is 236 g/mol. The molecular weight excluding hydrogens is 231 g/mol. The molecule has 0 aliphatic carbocycles. The minimum Gasteiger partial charge on any atom is -0.378 e. The molecule has 15 heavy (non-hydrogen) atoms. The van der Waals surface area contributed by atoms with Gasteiger partial charge in [-0.3, -0.25) is 0 Å². The maximum absolute atomic E-state index is 7.00. The summed E-state index contributed by atoms with van der Waals surface area (Å²) in [5.74, 6) is 0. The third-order valence-corrected chi connectivity index (χ3v) is 2.90. The highest BCUT2D eigenvalue weighted by Crippen LogP contribution is 2.37. The number of aromatic nitrogens is 1. The number of H-pyrrole nitrogens is 1. The van der Waals surface area contributed by atoms with Crippen molar-refractivity contribution < 1.29 is 0 Å². The second-order valence-electron chi connectivity index (χ2n) is 2.97. The summed E-state index contributed by atoms with van der Waals surface area (Å²) in [7, 11) is 0. The molecule has 0 saturated heterocycles. The molecule has 0 amide bonds. The van der Waals surface area contributed by atoms with Gasteiger partial charge in [-0.05, 0) is 17.8 Å². The van der Waals surface area contributed by atoms with Crippen LogP contribution in [0.2, 0.25) is 10.0 Å². The fraction of sp³-hybridized carbons (Fsp3) is 0. The van der Waals surface area contributed by atoms with E-state index < -0.39 is 0 Å². The van der Waals surface area contributed by atoms with Gasteiger partial charge in [-0.1, -0.05) is 35.3 Å². The topological polar surface area (TPSA) is 20.1 Å². The van der Waals surface area contributed by atoms with Crippen molar-refractivity contribution in [2.75, 3.05) is 0 Å². The van der Waals surface area contributed by atoms with E-state index in [1.54, 1.807) is 18.5 Å². The first-order valence-electron chi connectivity index (χ1n) is 4.22. The van der Waals surface area contributed by atoms with Gasteiger partial charge in [-0.25, -0.2) is 4.85 Å². The minimum absolute atomic E-state index is 0.476. The van der Waals surface area contributed by atoms with E-state index in [0.717, 1.165) is 11.1 Å². The molecule has 0 radical (unpaired) electrons. The molecule has 2 aromatic rings. The normalized spacial score (nSPS) is 9.93. The molecule has 0 atom stereocenters. The lowest BCUT2D eigenvalue weighted by Gasteiger charge is -2.03. The zero-order chi connectivity index (χ0) is 10.8. The molecule has 74 valence electrons. The standard InChI is InChI=1S/C11H6Cl2N2/c1-14-10-6-15-5-8(10)7-3-2-4-9(12)11(7)13/h2-6,15H. The van der Waals surface area contributed by atoms with Crippen LogP contribution in [-0.4, -0.2) is 4.98 Å². The summed E-state index contributed by atoms with van der Waals surface area (Å²) in [6, 6.07) is 5.37. The first-order valence-corrected chi connectivity index (χ1v) is 4.98. The van der Waals surface area contributed by atoms with Gasteiger partial charge >= 0.3 is 0 Å². The number of aromatic amines is 1. The van der Waals surface area contributed by atoms with Gasteiger partial charge in [-0.15, -0.1) is 0 Å². The second kappa shape index (κ2) is 3.98. The molecule has 0 bridgehead atoms. The number of nitrogens with zero attached hydrogens (tertiary/aromatic N) is 1. The van der Waals surface area contributed by atoms with Crippen LogP contribution in [0.15, 0.2) is 30.6 Å². The maximum Gasteiger partial charge on any atom is 0.211 e. The maximum atomic E-state index is 7.00. The van der Waals surface area contributed by atoms with Crippen LogP contribution in [-0.2, 0) is 0 Å². The average Bonchev–Trinajstić information content (AvgIpc) is 2.70. The molecule has 4 heteroatoms. The molecule has 1 heterocycles. The number of rotatable bonds is 1. The zero-order valence-corrected chi connectivity index (χ0v) is 9.10. The van der Waals surface area contributed by atoms with Gasteiger partial charge in [0.05, 0.1) is 16.6 Å². The summed E-state index contributed by atoms with van der Waals surface area (Å²) in [5, 5.41) is 0.968. The van der Waals surface area contributed by atoms with Crippen molar-refractivity contribution in [2.45, 2.75) is 0 Å². The van der Waals surface area contributed by atoms with E-state index in [1.165, 1.54) is 0 Å². The van der Waals surface area contributed by atoms with E-state index >= 15 is 0 Å². The van der Waals surface area contributed by atoms with Gasteiger partial charge in [0.15, 0.2) is 0 Å². The summed E-state index contributed by atoms with van der Waals surface area (Å²) in [6.45, 7) is 7.00. The Bertz CT molecular complexity index is 538. The van der Waals surface area contributed by atoms with Crippen LogP contribution < -0.4 is 0 Å². The lowest BCUT2D eigenvalue weighted by atomic mass is 10.1. The smallest absolute Gasteiger partial charge is 0.211 e. The SMILES string of the molecule is [C-]#[N+]c1c[nH]cc1-c1cccc(Cl)c1Cl. The number of halogens is 2. The fourth-order valence-corrected chi connectivity index (χ4v) is 1.78. The van der Waals surface area contributed by atoms with Crippen molar-refractivity contribution in [2.24, 2.45) is 0 Å².